The minimum Gasteiger partial charge on any atom is -0.454 e. The van der Waals surface area contributed by atoms with E-state index in [1.165, 1.54) is 29.7 Å². The number of nitrogens with zero attached hydrogens (tertiary/aromatic N) is 3. The van der Waals surface area contributed by atoms with Crippen molar-refractivity contribution in [2.75, 3.05) is 11.9 Å². The van der Waals surface area contributed by atoms with Gasteiger partial charge in [0.2, 0.25) is 0 Å². The number of nitrogens with one attached hydrogen (secondary N) is 1. The van der Waals surface area contributed by atoms with Crippen molar-refractivity contribution in [1.82, 2.24) is 9.13 Å². The van der Waals surface area contributed by atoms with E-state index in [-0.39, 0.29) is 23.6 Å². The van der Waals surface area contributed by atoms with E-state index in [0.29, 0.717) is 17.6 Å². The molecule has 0 spiro atoms. The van der Waals surface area contributed by atoms with Crippen LogP contribution < -0.4 is 11.0 Å². The van der Waals surface area contributed by atoms with Crippen molar-refractivity contribution < 1.29 is 19.2 Å². The van der Waals surface area contributed by atoms with E-state index >= 15 is 0 Å². The number of hydrogen-bond acceptors (Lipinski definition) is 6. The standard InChI is InChI=1S/C21H22N4O6/c1-3-11-23-17-8-4-5-9-18(17)24(21(23)28)12-20(27)31-13-19(26)22-15-7-6-10-16(14(15)2)25(29)30/h4-10H,3,11-13H2,1-2H3,(H,22,26). The second-order valence-electron chi connectivity index (χ2n) is 6.92. The molecule has 1 N–H and O–H groups in total. The van der Waals surface area contributed by atoms with Crippen molar-refractivity contribution in [3.63, 3.8) is 0 Å². The molecular formula is C21H22N4O6. The largest absolute Gasteiger partial charge is 0.454 e. The summed E-state index contributed by atoms with van der Waals surface area (Å²) in [6, 6.07) is 11.4. The molecule has 31 heavy (non-hydrogen) atoms. The zero-order valence-corrected chi connectivity index (χ0v) is 17.2. The molecule has 0 radical (unpaired) electrons. The molecule has 0 aliphatic carbocycles. The molecule has 3 aromatic rings. The topological polar surface area (TPSA) is 125 Å². The summed E-state index contributed by atoms with van der Waals surface area (Å²) in [7, 11) is 0. The predicted octanol–water partition coefficient (Wildman–Crippen LogP) is 2.61. The fourth-order valence-electron chi connectivity index (χ4n) is 3.33. The zero-order valence-electron chi connectivity index (χ0n) is 17.2. The summed E-state index contributed by atoms with van der Waals surface area (Å²) in [6.45, 7) is 3.07. The number of rotatable bonds is 8. The fraction of sp³-hybridized carbons (Fsp3) is 0.286. The summed E-state index contributed by atoms with van der Waals surface area (Å²) in [5, 5.41) is 13.5. The monoisotopic (exact) mass is 426 g/mol. The number of para-hydroxylation sites is 2. The molecule has 3 rings (SSSR count). The quantitative estimate of drug-likeness (QED) is 0.335. The smallest absolute Gasteiger partial charge is 0.329 e. The number of amides is 1. The van der Waals surface area contributed by atoms with Crippen LogP contribution in [0.2, 0.25) is 0 Å². The highest BCUT2D eigenvalue weighted by molar-refractivity contribution is 5.94. The third kappa shape index (κ3) is 4.63. The number of anilines is 1. The summed E-state index contributed by atoms with van der Waals surface area (Å²) in [4.78, 5) is 47.6. The van der Waals surface area contributed by atoms with Gasteiger partial charge in [0.15, 0.2) is 6.61 Å². The van der Waals surface area contributed by atoms with Crippen LogP contribution in [0.1, 0.15) is 18.9 Å². The number of hydrogen-bond donors (Lipinski definition) is 1. The van der Waals surface area contributed by atoms with E-state index in [2.05, 4.69) is 5.32 Å². The highest BCUT2D eigenvalue weighted by Gasteiger charge is 2.18. The Balaban J connectivity index is 1.67. The van der Waals surface area contributed by atoms with E-state index in [9.17, 15) is 24.5 Å². The first-order chi connectivity index (χ1) is 14.8. The number of carbonyl (C=O) groups is 2. The van der Waals surface area contributed by atoms with Gasteiger partial charge in [0.1, 0.15) is 6.54 Å². The number of ether oxygens (including phenoxy) is 1. The highest BCUT2D eigenvalue weighted by Crippen LogP contribution is 2.24. The van der Waals surface area contributed by atoms with Crippen LogP contribution in [-0.4, -0.2) is 32.5 Å². The number of fused-ring (bicyclic) bond motifs is 1. The maximum Gasteiger partial charge on any atom is 0.329 e. The second kappa shape index (κ2) is 9.24. The molecule has 0 bridgehead atoms. The number of esters is 1. The van der Waals surface area contributed by atoms with Gasteiger partial charge in [-0.05, 0) is 31.5 Å². The van der Waals surface area contributed by atoms with Crippen molar-refractivity contribution in [2.45, 2.75) is 33.4 Å². The highest BCUT2D eigenvalue weighted by atomic mass is 16.6. The lowest BCUT2D eigenvalue weighted by atomic mass is 10.1. The first-order valence-electron chi connectivity index (χ1n) is 9.71. The predicted molar refractivity (Wildman–Crippen MR) is 114 cm³/mol. The maximum absolute atomic E-state index is 12.7. The molecule has 1 amide bonds. The Kier molecular flexibility index (Phi) is 6.49. The van der Waals surface area contributed by atoms with Crippen LogP contribution in [0.4, 0.5) is 11.4 Å². The molecule has 0 fully saturated rings. The lowest BCUT2D eigenvalue weighted by Crippen LogP contribution is -2.29. The Morgan fingerprint density at radius 2 is 1.77 bits per heavy atom. The van der Waals surface area contributed by atoms with Crippen molar-refractivity contribution in [1.29, 1.82) is 0 Å². The van der Waals surface area contributed by atoms with Crippen molar-refractivity contribution in [3.05, 3.63) is 68.6 Å². The van der Waals surface area contributed by atoms with Crippen LogP contribution in [0.25, 0.3) is 11.0 Å². The van der Waals surface area contributed by atoms with Crippen molar-refractivity contribution in [2.24, 2.45) is 0 Å². The van der Waals surface area contributed by atoms with Gasteiger partial charge in [0.05, 0.1) is 27.2 Å². The van der Waals surface area contributed by atoms with E-state index in [1.807, 2.05) is 19.1 Å². The summed E-state index contributed by atoms with van der Waals surface area (Å²) in [6.07, 6.45) is 0.760. The number of nitro benzene ring substituents is 1. The third-order valence-electron chi connectivity index (χ3n) is 4.80. The van der Waals surface area contributed by atoms with Crippen LogP contribution in [-0.2, 0) is 27.4 Å². The van der Waals surface area contributed by atoms with Crippen LogP contribution in [0.15, 0.2) is 47.3 Å². The Hall–Kier alpha value is -3.95. The second-order valence-corrected chi connectivity index (χ2v) is 6.92. The lowest BCUT2D eigenvalue weighted by molar-refractivity contribution is -0.385. The summed E-state index contributed by atoms with van der Waals surface area (Å²) in [5.74, 6) is -1.38. The molecule has 0 aliphatic rings. The van der Waals surface area contributed by atoms with Crippen molar-refractivity contribution in [3.8, 4) is 0 Å². The van der Waals surface area contributed by atoms with Gasteiger partial charge in [-0.15, -0.1) is 0 Å². The van der Waals surface area contributed by atoms with Crippen LogP contribution >= 0.6 is 0 Å². The van der Waals surface area contributed by atoms with Crippen molar-refractivity contribution >= 4 is 34.3 Å². The van der Waals surface area contributed by atoms with Crippen LogP contribution in [0.3, 0.4) is 0 Å². The zero-order chi connectivity index (χ0) is 22.5. The average molecular weight is 426 g/mol. The Morgan fingerprint density at radius 3 is 2.42 bits per heavy atom. The number of nitro groups is 1. The molecule has 1 aromatic heterocycles. The van der Waals surface area contributed by atoms with Gasteiger partial charge in [-0.1, -0.05) is 25.1 Å². The van der Waals surface area contributed by atoms with E-state index < -0.39 is 23.4 Å². The Morgan fingerprint density at radius 1 is 1.10 bits per heavy atom. The van der Waals surface area contributed by atoms with Gasteiger partial charge >= 0.3 is 11.7 Å². The van der Waals surface area contributed by atoms with Gasteiger partial charge < -0.3 is 10.1 Å². The molecule has 10 heteroatoms. The molecule has 162 valence electrons. The molecule has 10 nitrogen and oxygen atoms in total. The third-order valence-corrected chi connectivity index (χ3v) is 4.80. The van der Waals surface area contributed by atoms with E-state index in [0.717, 1.165) is 11.9 Å². The first kappa shape index (κ1) is 21.8. The average Bonchev–Trinajstić information content (AvgIpc) is 3.00. The summed E-state index contributed by atoms with van der Waals surface area (Å²) < 4.78 is 7.93. The molecule has 1 heterocycles. The first-order valence-corrected chi connectivity index (χ1v) is 9.71. The minimum atomic E-state index is -0.743. The van der Waals surface area contributed by atoms with E-state index in [1.54, 1.807) is 16.7 Å². The SMILES string of the molecule is CCCn1c(=O)n(CC(=O)OCC(=O)Nc2cccc([N+](=O)[O-])c2C)c2ccccc21. The molecule has 2 aromatic carbocycles. The maximum atomic E-state index is 12.7. The normalized spacial score (nSPS) is 10.8. The van der Waals surface area contributed by atoms with Crippen LogP contribution in [0.5, 0.6) is 0 Å². The molecule has 0 aliphatic heterocycles. The molecule has 0 saturated carbocycles. The summed E-state index contributed by atoms with van der Waals surface area (Å²) >= 11 is 0. The Bertz CT molecular complexity index is 1210. The molecule has 0 saturated heterocycles. The number of aryl methyl sites for hydroxylation is 1. The Labute approximate surface area is 177 Å². The van der Waals surface area contributed by atoms with Crippen LogP contribution in [0, 0.1) is 17.0 Å². The lowest BCUT2D eigenvalue weighted by Gasteiger charge is -2.09. The summed E-state index contributed by atoms with van der Waals surface area (Å²) in [5.41, 5.74) is 1.43. The van der Waals surface area contributed by atoms with Gasteiger partial charge in [-0.25, -0.2) is 4.79 Å². The number of aromatic nitrogens is 2. The van der Waals surface area contributed by atoms with Gasteiger partial charge in [0, 0.05) is 12.6 Å². The molecule has 0 atom stereocenters. The fourth-order valence-corrected chi connectivity index (χ4v) is 3.33. The molecule has 0 unspecified atom stereocenters. The van der Waals surface area contributed by atoms with E-state index in [4.69, 9.17) is 4.74 Å². The number of imidazole rings is 1. The number of carbonyl (C=O) groups excluding carboxylic acids is 2. The minimum absolute atomic E-state index is 0.127. The van der Waals surface area contributed by atoms with Gasteiger partial charge in [-0.2, -0.15) is 0 Å². The van der Waals surface area contributed by atoms with Gasteiger partial charge in [0.25, 0.3) is 11.6 Å². The molecular weight excluding hydrogens is 404 g/mol. The number of benzene rings is 2. The van der Waals surface area contributed by atoms with Gasteiger partial charge in [-0.3, -0.25) is 28.8 Å².